The van der Waals surface area contributed by atoms with Gasteiger partial charge in [-0.15, -0.1) is 11.3 Å². The third-order valence-corrected chi connectivity index (χ3v) is 5.56. The molecule has 0 aromatic carbocycles. The summed E-state index contributed by atoms with van der Waals surface area (Å²) in [5.41, 5.74) is 0. The number of fused-ring (bicyclic) bond motifs is 3. The van der Waals surface area contributed by atoms with Crippen molar-refractivity contribution in [1.82, 2.24) is 15.3 Å². The average Bonchev–Trinajstić information content (AvgIpc) is 3.07. The number of hydrogen-bond acceptors (Lipinski definition) is 5. The van der Waals surface area contributed by atoms with E-state index in [0.717, 1.165) is 17.2 Å². The maximum absolute atomic E-state index is 4.60. The zero-order chi connectivity index (χ0) is 13.5. The number of nitrogens with zero attached hydrogens (tertiary/aromatic N) is 3. The van der Waals surface area contributed by atoms with Gasteiger partial charge in [-0.25, -0.2) is 9.97 Å². The zero-order valence-electron chi connectivity index (χ0n) is 11.7. The van der Waals surface area contributed by atoms with Crippen LogP contribution in [-0.4, -0.2) is 34.6 Å². The van der Waals surface area contributed by atoms with E-state index in [1.807, 2.05) is 0 Å². The fourth-order valence-corrected chi connectivity index (χ4v) is 4.60. The Hall–Kier alpha value is -1.20. The molecule has 2 atom stereocenters. The van der Waals surface area contributed by atoms with Crippen molar-refractivity contribution in [2.45, 2.75) is 50.7 Å². The van der Waals surface area contributed by atoms with Gasteiger partial charge >= 0.3 is 0 Å². The van der Waals surface area contributed by atoms with Crippen LogP contribution >= 0.6 is 11.3 Å². The van der Waals surface area contributed by atoms with Gasteiger partial charge in [0.05, 0.1) is 5.39 Å². The molecule has 4 nitrogen and oxygen atoms in total. The van der Waals surface area contributed by atoms with Gasteiger partial charge in [0.2, 0.25) is 0 Å². The third-order valence-electron chi connectivity index (χ3n) is 4.74. The van der Waals surface area contributed by atoms with Gasteiger partial charge in [-0.1, -0.05) is 0 Å². The van der Waals surface area contributed by atoms with E-state index in [9.17, 15) is 0 Å². The predicted octanol–water partition coefficient (Wildman–Crippen LogP) is 2.80. The molecule has 106 valence electrons. The zero-order valence-corrected chi connectivity index (χ0v) is 12.6. The first-order valence-electron chi connectivity index (χ1n) is 7.56. The summed E-state index contributed by atoms with van der Waals surface area (Å²) in [5, 5.41) is 7.05. The molecule has 5 heteroatoms. The van der Waals surface area contributed by atoms with Crippen LogP contribution in [0, 0.1) is 0 Å². The maximum atomic E-state index is 4.60. The Morgan fingerprint density at radius 3 is 2.85 bits per heavy atom. The topological polar surface area (TPSA) is 41.1 Å². The van der Waals surface area contributed by atoms with E-state index in [4.69, 9.17) is 0 Å². The Kier molecular flexibility index (Phi) is 3.11. The number of hydrogen-bond donors (Lipinski definition) is 1. The molecule has 4 rings (SSSR count). The van der Waals surface area contributed by atoms with E-state index < -0.39 is 0 Å². The summed E-state index contributed by atoms with van der Waals surface area (Å²) >= 11 is 1.70. The van der Waals surface area contributed by atoms with E-state index in [1.165, 1.54) is 31.1 Å². The summed E-state index contributed by atoms with van der Waals surface area (Å²) in [6.45, 7) is 3.26. The minimum absolute atomic E-state index is 0.622. The Bertz CT molecular complexity index is 599. The lowest BCUT2D eigenvalue weighted by Crippen LogP contribution is -2.48. The molecule has 2 aliphatic heterocycles. The molecule has 0 amide bonds. The van der Waals surface area contributed by atoms with Crippen molar-refractivity contribution >= 4 is 27.4 Å². The molecule has 4 heterocycles. The highest BCUT2D eigenvalue weighted by Gasteiger charge is 2.36. The van der Waals surface area contributed by atoms with Crippen molar-refractivity contribution in [1.29, 1.82) is 0 Å². The van der Waals surface area contributed by atoms with Crippen molar-refractivity contribution in [2.75, 3.05) is 11.4 Å². The van der Waals surface area contributed by atoms with Gasteiger partial charge in [0.15, 0.2) is 0 Å². The lowest BCUT2D eigenvalue weighted by atomic mass is 9.98. The third kappa shape index (κ3) is 2.00. The Balaban J connectivity index is 1.69. The second-order valence-corrected chi connectivity index (χ2v) is 6.78. The van der Waals surface area contributed by atoms with Crippen molar-refractivity contribution < 1.29 is 0 Å². The number of nitrogens with one attached hydrogen (secondary N) is 1. The molecule has 0 aliphatic carbocycles. The molecular weight excluding hydrogens is 268 g/mol. The van der Waals surface area contributed by atoms with Crippen LogP contribution < -0.4 is 10.2 Å². The molecule has 2 bridgehead atoms. The van der Waals surface area contributed by atoms with Gasteiger partial charge in [-0.05, 0) is 44.1 Å². The predicted molar refractivity (Wildman–Crippen MR) is 83.4 cm³/mol. The van der Waals surface area contributed by atoms with Gasteiger partial charge in [0, 0.05) is 24.7 Å². The fraction of sp³-hybridized carbons (Fsp3) is 0.600. The summed E-state index contributed by atoms with van der Waals surface area (Å²) in [6, 6.07) is 4.21. The Labute approximate surface area is 123 Å². The van der Waals surface area contributed by atoms with Crippen LogP contribution in [0.3, 0.4) is 0 Å². The number of rotatable bonds is 3. The van der Waals surface area contributed by atoms with Gasteiger partial charge in [0.1, 0.15) is 17.0 Å². The summed E-state index contributed by atoms with van der Waals surface area (Å²) in [6.07, 6.45) is 6.90. The monoisotopic (exact) mass is 288 g/mol. The van der Waals surface area contributed by atoms with E-state index in [-0.39, 0.29) is 0 Å². The summed E-state index contributed by atoms with van der Waals surface area (Å²) < 4.78 is 0. The van der Waals surface area contributed by atoms with E-state index in [1.54, 1.807) is 17.7 Å². The molecule has 2 aromatic heterocycles. The molecule has 2 aliphatic rings. The van der Waals surface area contributed by atoms with E-state index in [2.05, 4.69) is 38.6 Å². The normalized spacial score (nSPS) is 28.9. The van der Waals surface area contributed by atoms with Gasteiger partial charge in [-0.2, -0.15) is 0 Å². The quantitative estimate of drug-likeness (QED) is 0.943. The van der Waals surface area contributed by atoms with Crippen molar-refractivity contribution in [3.05, 3.63) is 17.8 Å². The van der Waals surface area contributed by atoms with E-state index >= 15 is 0 Å². The van der Waals surface area contributed by atoms with Crippen LogP contribution in [0.5, 0.6) is 0 Å². The van der Waals surface area contributed by atoms with Crippen molar-refractivity contribution in [3.8, 4) is 0 Å². The van der Waals surface area contributed by atoms with Crippen LogP contribution in [0.4, 0.5) is 5.82 Å². The van der Waals surface area contributed by atoms with Crippen molar-refractivity contribution in [2.24, 2.45) is 0 Å². The molecule has 2 aromatic rings. The molecule has 2 saturated heterocycles. The molecule has 1 N–H and O–H groups in total. The maximum Gasteiger partial charge on any atom is 0.141 e. The van der Waals surface area contributed by atoms with Crippen LogP contribution in [0.15, 0.2) is 17.8 Å². The van der Waals surface area contributed by atoms with Crippen LogP contribution in [0.1, 0.15) is 32.6 Å². The van der Waals surface area contributed by atoms with E-state index in [0.29, 0.717) is 18.1 Å². The first-order chi connectivity index (χ1) is 9.85. The summed E-state index contributed by atoms with van der Waals surface area (Å²) in [7, 11) is 0. The largest absolute Gasteiger partial charge is 0.353 e. The lowest BCUT2D eigenvalue weighted by molar-refractivity contribution is 0.348. The molecule has 0 saturated carbocycles. The second-order valence-electron chi connectivity index (χ2n) is 5.89. The number of piperidine rings is 1. The highest BCUT2D eigenvalue weighted by molar-refractivity contribution is 7.16. The number of thiophene rings is 1. The van der Waals surface area contributed by atoms with Crippen LogP contribution in [0.2, 0.25) is 0 Å². The second kappa shape index (κ2) is 4.97. The SMILES string of the molecule is CCN(c1ncnc2sccc12)C1CC2CCC(C1)N2. The molecule has 2 unspecified atom stereocenters. The fourth-order valence-electron chi connectivity index (χ4n) is 3.87. The molecule has 0 spiro atoms. The smallest absolute Gasteiger partial charge is 0.141 e. The molecule has 0 radical (unpaired) electrons. The van der Waals surface area contributed by atoms with Gasteiger partial charge in [-0.3, -0.25) is 0 Å². The number of aromatic nitrogens is 2. The molecular formula is C15H20N4S. The van der Waals surface area contributed by atoms with Gasteiger partial charge in [0.25, 0.3) is 0 Å². The average molecular weight is 288 g/mol. The van der Waals surface area contributed by atoms with Crippen molar-refractivity contribution in [3.63, 3.8) is 0 Å². The van der Waals surface area contributed by atoms with Gasteiger partial charge < -0.3 is 10.2 Å². The molecule has 20 heavy (non-hydrogen) atoms. The first-order valence-corrected chi connectivity index (χ1v) is 8.44. The minimum Gasteiger partial charge on any atom is -0.353 e. The van der Waals surface area contributed by atoms with Crippen LogP contribution in [-0.2, 0) is 0 Å². The molecule has 2 fully saturated rings. The van der Waals surface area contributed by atoms with Crippen LogP contribution in [0.25, 0.3) is 10.2 Å². The lowest BCUT2D eigenvalue weighted by Gasteiger charge is -2.38. The Morgan fingerprint density at radius 1 is 1.30 bits per heavy atom. The minimum atomic E-state index is 0.622. The standard InChI is InChI=1S/C15H20N4S/c1-2-19(12-7-10-3-4-11(8-12)18-10)14-13-5-6-20-15(13)17-9-16-14/h5-6,9-12,18H,2-4,7-8H2,1H3. The highest BCUT2D eigenvalue weighted by atomic mass is 32.1. The number of anilines is 1. The summed E-state index contributed by atoms with van der Waals surface area (Å²) in [4.78, 5) is 12.6. The summed E-state index contributed by atoms with van der Waals surface area (Å²) in [5.74, 6) is 1.13. The Morgan fingerprint density at radius 2 is 2.10 bits per heavy atom. The highest BCUT2D eigenvalue weighted by Crippen LogP contribution is 2.34. The first kappa shape index (κ1) is 12.5.